The number of aromatic nitrogens is 2. The van der Waals surface area contributed by atoms with Crippen molar-refractivity contribution in [3.63, 3.8) is 0 Å². The Balaban J connectivity index is 1.73. The van der Waals surface area contributed by atoms with Crippen LogP contribution < -0.4 is 10.3 Å². The maximum atomic E-state index is 12.3. The molecule has 0 saturated carbocycles. The van der Waals surface area contributed by atoms with E-state index in [1.54, 1.807) is 49.4 Å². The van der Waals surface area contributed by atoms with Crippen molar-refractivity contribution in [3.8, 4) is 11.5 Å². The average Bonchev–Trinajstić information content (AvgIpc) is 3.11. The average molecular weight is 359 g/mol. The summed E-state index contributed by atoms with van der Waals surface area (Å²) >= 11 is 0. The van der Waals surface area contributed by atoms with Crippen LogP contribution in [0.3, 0.4) is 0 Å². The Labute approximate surface area is 145 Å². The molecular formula is C17H17N3O4S. The van der Waals surface area contributed by atoms with Gasteiger partial charge in [-0.2, -0.15) is 5.10 Å². The molecule has 0 saturated heterocycles. The Morgan fingerprint density at radius 3 is 2.64 bits per heavy atom. The van der Waals surface area contributed by atoms with E-state index in [1.807, 2.05) is 0 Å². The van der Waals surface area contributed by atoms with E-state index < -0.39 is 10.0 Å². The monoisotopic (exact) mass is 359 g/mol. The van der Waals surface area contributed by atoms with Crippen molar-refractivity contribution in [1.29, 1.82) is 0 Å². The third-order valence-electron chi connectivity index (χ3n) is 3.64. The van der Waals surface area contributed by atoms with Crippen molar-refractivity contribution in [1.82, 2.24) is 14.5 Å². The van der Waals surface area contributed by atoms with E-state index in [4.69, 9.17) is 4.42 Å². The van der Waals surface area contributed by atoms with E-state index in [1.165, 1.54) is 17.0 Å². The van der Waals surface area contributed by atoms with Crippen molar-refractivity contribution in [2.45, 2.75) is 18.4 Å². The Bertz CT molecular complexity index is 1020. The molecular weight excluding hydrogens is 342 g/mol. The third-order valence-corrected chi connectivity index (χ3v) is 5.26. The maximum absolute atomic E-state index is 12.3. The van der Waals surface area contributed by atoms with Gasteiger partial charge in [0.05, 0.1) is 17.7 Å². The number of hydrogen-bond donors (Lipinski definition) is 1. The molecule has 7 nitrogen and oxygen atoms in total. The van der Waals surface area contributed by atoms with E-state index in [0.29, 0.717) is 17.0 Å². The highest BCUT2D eigenvalue weighted by molar-refractivity contribution is 7.89. The fourth-order valence-electron chi connectivity index (χ4n) is 2.39. The molecule has 0 spiro atoms. The number of aryl methyl sites for hydroxylation is 1. The third kappa shape index (κ3) is 3.86. The zero-order valence-corrected chi connectivity index (χ0v) is 14.4. The van der Waals surface area contributed by atoms with Gasteiger partial charge in [-0.3, -0.25) is 4.79 Å². The van der Waals surface area contributed by atoms with Gasteiger partial charge in [-0.15, -0.1) is 0 Å². The predicted octanol–water partition coefficient (Wildman–Crippen LogP) is 1.79. The molecule has 0 radical (unpaired) electrons. The standard InChI is InChI=1S/C17H17N3O4S/c1-13-5-2-3-7-16(13)25(22,23)18-10-11-20-17(21)9-8-14(19-20)15-6-4-12-24-15/h2-9,12,18H,10-11H2,1H3. The predicted molar refractivity (Wildman–Crippen MR) is 92.6 cm³/mol. The first-order valence-electron chi connectivity index (χ1n) is 7.65. The van der Waals surface area contributed by atoms with Crippen molar-refractivity contribution in [3.05, 3.63) is 70.7 Å². The SMILES string of the molecule is Cc1ccccc1S(=O)(=O)NCCn1nc(-c2ccco2)ccc1=O. The molecule has 130 valence electrons. The summed E-state index contributed by atoms with van der Waals surface area (Å²) in [5.74, 6) is 0.536. The molecule has 2 aromatic heterocycles. The van der Waals surface area contributed by atoms with Crippen molar-refractivity contribution in [2.75, 3.05) is 6.54 Å². The number of nitrogens with zero attached hydrogens (tertiary/aromatic N) is 2. The van der Waals surface area contributed by atoms with Gasteiger partial charge in [-0.05, 0) is 36.8 Å². The first kappa shape index (κ1) is 17.1. The second-order valence-electron chi connectivity index (χ2n) is 5.42. The van der Waals surface area contributed by atoms with Gasteiger partial charge in [0.25, 0.3) is 5.56 Å². The van der Waals surface area contributed by atoms with Gasteiger partial charge in [-0.1, -0.05) is 18.2 Å². The summed E-state index contributed by atoms with van der Waals surface area (Å²) < 4.78 is 33.7. The van der Waals surface area contributed by atoms with E-state index in [-0.39, 0.29) is 23.5 Å². The highest BCUT2D eigenvalue weighted by Gasteiger charge is 2.15. The Morgan fingerprint density at radius 1 is 1.12 bits per heavy atom. The van der Waals surface area contributed by atoms with Crippen molar-refractivity contribution in [2.24, 2.45) is 0 Å². The molecule has 0 unspecified atom stereocenters. The molecule has 0 bridgehead atoms. The Hall–Kier alpha value is -2.71. The van der Waals surface area contributed by atoms with Gasteiger partial charge in [0.2, 0.25) is 10.0 Å². The minimum atomic E-state index is -3.64. The van der Waals surface area contributed by atoms with Crippen LogP contribution in [0.15, 0.2) is 68.9 Å². The molecule has 0 amide bonds. The largest absolute Gasteiger partial charge is 0.463 e. The second kappa shape index (κ2) is 7.04. The maximum Gasteiger partial charge on any atom is 0.266 e. The quantitative estimate of drug-likeness (QED) is 0.724. The van der Waals surface area contributed by atoms with Crippen LogP contribution >= 0.6 is 0 Å². The van der Waals surface area contributed by atoms with Gasteiger partial charge in [-0.25, -0.2) is 17.8 Å². The lowest BCUT2D eigenvalue weighted by Crippen LogP contribution is -2.32. The number of rotatable bonds is 6. The van der Waals surface area contributed by atoms with Crippen LogP contribution in [0.2, 0.25) is 0 Å². The Morgan fingerprint density at radius 2 is 1.92 bits per heavy atom. The molecule has 0 aliphatic heterocycles. The number of furan rings is 1. The second-order valence-corrected chi connectivity index (χ2v) is 7.16. The highest BCUT2D eigenvalue weighted by Crippen LogP contribution is 2.15. The number of hydrogen-bond acceptors (Lipinski definition) is 5. The van der Waals surface area contributed by atoms with E-state index in [2.05, 4.69) is 9.82 Å². The first-order valence-corrected chi connectivity index (χ1v) is 9.13. The molecule has 0 atom stereocenters. The summed E-state index contributed by atoms with van der Waals surface area (Å²) in [6, 6.07) is 13.1. The van der Waals surface area contributed by atoms with Gasteiger partial charge < -0.3 is 4.42 Å². The fourth-order valence-corrected chi connectivity index (χ4v) is 3.65. The highest BCUT2D eigenvalue weighted by atomic mass is 32.2. The van der Waals surface area contributed by atoms with Crippen molar-refractivity contribution < 1.29 is 12.8 Å². The van der Waals surface area contributed by atoms with Gasteiger partial charge in [0.1, 0.15) is 5.69 Å². The minimum Gasteiger partial charge on any atom is -0.463 e. The fraction of sp³-hybridized carbons (Fsp3) is 0.176. The number of nitrogens with one attached hydrogen (secondary N) is 1. The van der Waals surface area contributed by atoms with Crippen molar-refractivity contribution >= 4 is 10.0 Å². The van der Waals surface area contributed by atoms with E-state index >= 15 is 0 Å². The summed E-state index contributed by atoms with van der Waals surface area (Å²) in [7, 11) is -3.64. The summed E-state index contributed by atoms with van der Waals surface area (Å²) in [5.41, 5.74) is 0.849. The molecule has 25 heavy (non-hydrogen) atoms. The molecule has 1 aromatic carbocycles. The molecule has 0 aliphatic carbocycles. The Kier molecular flexibility index (Phi) is 4.82. The van der Waals surface area contributed by atoms with Crippen LogP contribution in [-0.4, -0.2) is 24.7 Å². The molecule has 0 fully saturated rings. The van der Waals surface area contributed by atoms with Crippen LogP contribution in [0, 0.1) is 6.92 Å². The van der Waals surface area contributed by atoms with Crippen LogP contribution in [0.5, 0.6) is 0 Å². The lowest BCUT2D eigenvalue weighted by atomic mass is 10.2. The lowest BCUT2D eigenvalue weighted by molar-refractivity contribution is 0.539. The molecule has 2 heterocycles. The molecule has 3 aromatic rings. The van der Waals surface area contributed by atoms with Crippen LogP contribution in [0.4, 0.5) is 0 Å². The smallest absolute Gasteiger partial charge is 0.266 e. The lowest BCUT2D eigenvalue weighted by Gasteiger charge is -2.10. The van der Waals surface area contributed by atoms with Gasteiger partial charge >= 0.3 is 0 Å². The molecule has 1 N–H and O–H groups in total. The van der Waals surface area contributed by atoms with Crippen LogP contribution in [0.1, 0.15) is 5.56 Å². The summed E-state index contributed by atoms with van der Waals surface area (Å²) in [5, 5.41) is 4.20. The zero-order valence-electron chi connectivity index (χ0n) is 13.5. The van der Waals surface area contributed by atoms with E-state index in [0.717, 1.165) is 0 Å². The van der Waals surface area contributed by atoms with Crippen LogP contribution in [0.25, 0.3) is 11.5 Å². The number of benzene rings is 1. The summed E-state index contributed by atoms with van der Waals surface area (Å²) in [4.78, 5) is 12.1. The van der Waals surface area contributed by atoms with Gasteiger partial charge in [0.15, 0.2) is 5.76 Å². The van der Waals surface area contributed by atoms with Gasteiger partial charge in [0, 0.05) is 12.6 Å². The van der Waals surface area contributed by atoms with E-state index in [9.17, 15) is 13.2 Å². The molecule has 3 rings (SSSR count). The molecule has 0 aliphatic rings. The first-order chi connectivity index (χ1) is 12.0. The normalized spacial score (nSPS) is 11.6. The summed E-state index contributed by atoms with van der Waals surface area (Å²) in [6.45, 7) is 1.89. The molecule has 8 heteroatoms. The minimum absolute atomic E-state index is 0.0468. The summed E-state index contributed by atoms with van der Waals surface area (Å²) in [6.07, 6.45) is 1.52. The zero-order chi connectivity index (χ0) is 17.9. The van der Waals surface area contributed by atoms with Crippen LogP contribution in [-0.2, 0) is 16.6 Å². The topological polar surface area (TPSA) is 94.2 Å². The number of sulfonamides is 1.